The van der Waals surface area contributed by atoms with Gasteiger partial charge in [-0.25, -0.2) is 0 Å². The number of rotatable bonds is 4. The normalized spacial score (nSPS) is 15.0. The molecule has 0 N–H and O–H groups in total. The number of carbonyl (C=O) groups is 1. The van der Waals surface area contributed by atoms with E-state index in [-0.39, 0.29) is 11.2 Å². The molecular weight excluding hydrogens is 306 g/mol. The lowest BCUT2D eigenvalue weighted by atomic mass is 10.0. The summed E-state index contributed by atoms with van der Waals surface area (Å²) in [5.41, 5.74) is 2.35. The van der Waals surface area contributed by atoms with Crippen molar-refractivity contribution in [2.45, 2.75) is 29.9 Å². The van der Waals surface area contributed by atoms with Crippen LogP contribution in [0.3, 0.4) is 0 Å². The Hall–Kier alpha value is -1.94. The maximum Gasteiger partial charge on any atom is 0.240 e. The number of nitrogens with zero attached hydrogens (tertiary/aromatic N) is 1. The van der Waals surface area contributed by atoms with Gasteiger partial charge in [-0.3, -0.25) is 4.79 Å². The van der Waals surface area contributed by atoms with E-state index in [1.807, 2.05) is 48.2 Å². The molecule has 2 aromatic rings. The molecule has 120 valence electrons. The molecule has 0 aliphatic carbocycles. The summed E-state index contributed by atoms with van der Waals surface area (Å²) in [6, 6.07) is 16.1. The Morgan fingerprint density at radius 2 is 1.91 bits per heavy atom. The van der Waals surface area contributed by atoms with Gasteiger partial charge in [-0.2, -0.15) is 0 Å². The third kappa shape index (κ3) is 3.53. The molecule has 1 aliphatic rings. The van der Waals surface area contributed by atoms with E-state index in [9.17, 15) is 4.79 Å². The molecule has 0 bridgehead atoms. The number of ether oxygens (including phenoxy) is 1. The number of thioether (sulfide) groups is 1. The van der Waals surface area contributed by atoms with E-state index < -0.39 is 0 Å². The molecule has 0 spiro atoms. The van der Waals surface area contributed by atoms with Crippen molar-refractivity contribution < 1.29 is 9.53 Å². The van der Waals surface area contributed by atoms with Gasteiger partial charge in [0.15, 0.2) is 0 Å². The highest BCUT2D eigenvalue weighted by molar-refractivity contribution is 8.00. The Labute approximate surface area is 141 Å². The van der Waals surface area contributed by atoms with E-state index >= 15 is 0 Å². The third-order valence-corrected chi connectivity index (χ3v) is 5.20. The lowest BCUT2D eigenvalue weighted by Crippen LogP contribution is -2.40. The van der Waals surface area contributed by atoms with Crippen LogP contribution in [0.5, 0.6) is 5.75 Å². The molecule has 1 amide bonds. The van der Waals surface area contributed by atoms with Crippen molar-refractivity contribution >= 4 is 23.4 Å². The van der Waals surface area contributed by atoms with Gasteiger partial charge in [-0.15, -0.1) is 11.8 Å². The third-order valence-electron chi connectivity index (χ3n) is 4.10. The van der Waals surface area contributed by atoms with E-state index in [2.05, 4.69) is 12.1 Å². The van der Waals surface area contributed by atoms with Gasteiger partial charge >= 0.3 is 0 Å². The molecule has 4 heteroatoms. The van der Waals surface area contributed by atoms with Gasteiger partial charge in [0.05, 0.1) is 12.4 Å². The van der Waals surface area contributed by atoms with Crippen LogP contribution in [0.15, 0.2) is 53.4 Å². The smallest absolute Gasteiger partial charge is 0.240 e. The second-order valence-electron chi connectivity index (χ2n) is 5.66. The number of para-hydroxylation sites is 1. The number of aryl methyl sites for hydroxylation is 1. The summed E-state index contributed by atoms with van der Waals surface area (Å²) < 4.78 is 5.17. The summed E-state index contributed by atoms with van der Waals surface area (Å²) in [5.74, 6) is 1.01. The second-order valence-corrected chi connectivity index (χ2v) is 7.07. The predicted molar refractivity (Wildman–Crippen MR) is 95.4 cm³/mol. The number of amides is 1. The van der Waals surface area contributed by atoms with Crippen molar-refractivity contribution in [1.82, 2.24) is 0 Å². The number of hydrogen-bond acceptors (Lipinski definition) is 3. The number of carbonyl (C=O) groups excluding carboxylic acids is 1. The minimum Gasteiger partial charge on any atom is -0.497 e. The molecule has 0 aromatic heterocycles. The van der Waals surface area contributed by atoms with Crippen molar-refractivity contribution in [3.63, 3.8) is 0 Å². The zero-order valence-electron chi connectivity index (χ0n) is 13.5. The van der Waals surface area contributed by atoms with Crippen molar-refractivity contribution in [2.75, 3.05) is 18.6 Å². The SMILES string of the molecule is COc1ccc(S[C@@H](C)C(=O)N2CCCc3ccccc32)cc1. The molecule has 3 nitrogen and oxygen atoms in total. The molecule has 3 rings (SSSR count). The molecule has 2 aromatic carbocycles. The summed E-state index contributed by atoms with van der Waals surface area (Å²) in [5, 5.41) is -0.116. The first-order valence-corrected chi connectivity index (χ1v) is 8.77. The van der Waals surface area contributed by atoms with E-state index in [4.69, 9.17) is 4.74 Å². The van der Waals surface area contributed by atoms with Crippen LogP contribution in [0.4, 0.5) is 5.69 Å². The van der Waals surface area contributed by atoms with Crippen molar-refractivity contribution in [1.29, 1.82) is 0 Å². The zero-order valence-corrected chi connectivity index (χ0v) is 14.3. The molecule has 1 aliphatic heterocycles. The minimum absolute atomic E-state index is 0.116. The molecule has 1 heterocycles. The molecule has 0 saturated carbocycles. The van der Waals surface area contributed by atoms with Gasteiger partial charge in [0.25, 0.3) is 0 Å². The molecule has 1 atom stereocenters. The number of methoxy groups -OCH3 is 1. The quantitative estimate of drug-likeness (QED) is 0.790. The first-order valence-electron chi connectivity index (χ1n) is 7.89. The van der Waals surface area contributed by atoms with E-state index in [1.165, 1.54) is 5.56 Å². The van der Waals surface area contributed by atoms with Gasteiger partial charge in [-0.1, -0.05) is 18.2 Å². The Balaban J connectivity index is 1.72. The largest absolute Gasteiger partial charge is 0.497 e. The van der Waals surface area contributed by atoms with Crippen LogP contribution >= 0.6 is 11.8 Å². The standard InChI is InChI=1S/C19H21NO2S/c1-14(23-17-11-9-16(22-2)10-12-17)19(21)20-13-5-7-15-6-3-4-8-18(15)20/h3-4,6,8-12,14H,5,7,13H2,1-2H3/t14-/m0/s1. The molecule has 23 heavy (non-hydrogen) atoms. The molecule has 0 fully saturated rings. The van der Waals surface area contributed by atoms with E-state index in [0.717, 1.165) is 35.7 Å². The lowest BCUT2D eigenvalue weighted by molar-refractivity contribution is -0.117. The minimum atomic E-state index is -0.116. The van der Waals surface area contributed by atoms with Crippen LogP contribution in [0.1, 0.15) is 18.9 Å². The van der Waals surface area contributed by atoms with Crippen LogP contribution in [-0.2, 0) is 11.2 Å². The number of benzene rings is 2. The highest BCUT2D eigenvalue weighted by Crippen LogP contribution is 2.31. The fourth-order valence-corrected chi connectivity index (χ4v) is 3.82. The van der Waals surface area contributed by atoms with Gasteiger partial charge < -0.3 is 9.64 Å². The lowest BCUT2D eigenvalue weighted by Gasteiger charge is -2.31. The average Bonchev–Trinajstić information content (AvgIpc) is 2.61. The number of hydrogen-bond donors (Lipinski definition) is 0. The zero-order chi connectivity index (χ0) is 16.2. The summed E-state index contributed by atoms with van der Waals surface area (Å²) in [7, 11) is 1.65. The Morgan fingerprint density at radius 1 is 1.17 bits per heavy atom. The first kappa shape index (κ1) is 15.9. The van der Waals surface area contributed by atoms with Crippen LogP contribution < -0.4 is 9.64 Å². The van der Waals surface area contributed by atoms with E-state index in [0.29, 0.717) is 0 Å². The Bertz CT molecular complexity index is 684. The molecular formula is C19H21NO2S. The summed E-state index contributed by atoms with van der Waals surface area (Å²) in [6.07, 6.45) is 2.09. The highest BCUT2D eigenvalue weighted by atomic mass is 32.2. The molecule has 0 radical (unpaired) electrons. The van der Waals surface area contributed by atoms with Gasteiger partial charge in [0, 0.05) is 17.1 Å². The van der Waals surface area contributed by atoms with Crippen molar-refractivity contribution in [2.24, 2.45) is 0 Å². The Kier molecular flexibility index (Phi) is 4.91. The topological polar surface area (TPSA) is 29.5 Å². The predicted octanol–water partition coefficient (Wildman–Crippen LogP) is 4.16. The fourth-order valence-electron chi connectivity index (χ4n) is 2.89. The molecule has 0 unspecified atom stereocenters. The monoisotopic (exact) mass is 327 g/mol. The maximum atomic E-state index is 12.9. The summed E-state index contributed by atoms with van der Waals surface area (Å²) >= 11 is 1.59. The molecule has 0 saturated heterocycles. The van der Waals surface area contributed by atoms with Gasteiger partial charge in [0.2, 0.25) is 5.91 Å². The van der Waals surface area contributed by atoms with Crippen LogP contribution in [-0.4, -0.2) is 24.8 Å². The highest BCUT2D eigenvalue weighted by Gasteiger charge is 2.26. The maximum absolute atomic E-state index is 12.9. The number of anilines is 1. The van der Waals surface area contributed by atoms with Crippen LogP contribution in [0.25, 0.3) is 0 Å². The summed E-state index contributed by atoms with van der Waals surface area (Å²) in [4.78, 5) is 15.9. The Morgan fingerprint density at radius 3 is 2.65 bits per heavy atom. The average molecular weight is 327 g/mol. The van der Waals surface area contributed by atoms with Crippen LogP contribution in [0, 0.1) is 0 Å². The number of fused-ring (bicyclic) bond motifs is 1. The van der Waals surface area contributed by atoms with Crippen molar-refractivity contribution in [3.8, 4) is 5.75 Å². The van der Waals surface area contributed by atoms with Gasteiger partial charge in [-0.05, 0) is 55.7 Å². The van der Waals surface area contributed by atoms with Crippen LogP contribution in [0.2, 0.25) is 0 Å². The fraction of sp³-hybridized carbons (Fsp3) is 0.316. The summed E-state index contributed by atoms with van der Waals surface area (Å²) in [6.45, 7) is 2.79. The van der Waals surface area contributed by atoms with Crippen molar-refractivity contribution in [3.05, 3.63) is 54.1 Å². The van der Waals surface area contributed by atoms with E-state index in [1.54, 1.807) is 18.9 Å². The first-order chi connectivity index (χ1) is 11.2. The second kappa shape index (κ2) is 7.09. The van der Waals surface area contributed by atoms with Gasteiger partial charge in [0.1, 0.15) is 5.75 Å².